The van der Waals surface area contributed by atoms with Crippen LogP contribution in [-0.2, 0) is 21.3 Å². The molecule has 8 heteroatoms. The zero-order valence-electron chi connectivity index (χ0n) is 10.6. The Balaban J connectivity index is 2.22. The van der Waals surface area contributed by atoms with Gasteiger partial charge >= 0.3 is 0 Å². The molecular weight excluding hydrogens is 270 g/mol. The SMILES string of the molecule is CCn1cc(S(N)(=O)=O)cc1C(=O)NC1CCOC1. The highest BCUT2D eigenvalue weighted by molar-refractivity contribution is 7.89. The summed E-state index contributed by atoms with van der Waals surface area (Å²) in [6.45, 7) is 3.42. The van der Waals surface area contributed by atoms with Gasteiger partial charge in [0, 0.05) is 19.3 Å². The number of hydrogen-bond donors (Lipinski definition) is 2. The second-order valence-corrected chi connectivity index (χ2v) is 5.99. The maximum atomic E-state index is 12.1. The zero-order chi connectivity index (χ0) is 14.0. The van der Waals surface area contributed by atoms with E-state index in [1.165, 1.54) is 12.3 Å². The molecule has 1 amide bonds. The number of aromatic nitrogens is 1. The summed E-state index contributed by atoms with van der Waals surface area (Å²) in [5, 5.41) is 7.88. The maximum absolute atomic E-state index is 12.1. The molecule has 1 unspecified atom stereocenters. The van der Waals surface area contributed by atoms with Crippen LogP contribution in [0.2, 0.25) is 0 Å². The van der Waals surface area contributed by atoms with E-state index < -0.39 is 10.0 Å². The molecule has 2 rings (SSSR count). The fraction of sp³-hybridized carbons (Fsp3) is 0.545. The summed E-state index contributed by atoms with van der Waals surface area (Å²) >= 11 is 0. The molecule has 7 nitrogen and oxygen atoms in total. The topological polar surface area (TPSA) is 103 Å². The van der Waals surface area contributed by atoms with Gasteiger partial charge in [-0.3, -0.25) is 4.79 Å². The highest BCUT2D eigenvalue weighted by Crippen LogP contribution is 2.14. The van der Waals surface area contributed by atoms with Crippen LogP contribution in [0, 0.1) is 0 Å². The Labute approximate surface area is 111 Å². The van der Waals surface area contributed by atoms with Crippen LogP contribution in [0.1, 0.15) is 23.8 Å². The van der Waals surface area contributed by atoms with E-state index in [9.17, 15) is 13.2 Å². The predicted molar refractivity (Wildman–Crippen MR) is 68.2 cm³/mol. The van der Waals surface area contributed by atoms with E-state index in [1.54, 1.807) is 4.57 Å². The Morgan fingerprint density at radius 2 is 2.37 bits per heavy atom. The molecule has 0 saturated carbocycles. The van der Waals surface area contributed by atoms with Gasteiger partial charge in [0.1, 0.15) is 10.6 Å². The lowest BCUT2D eigenvalue weighted by Gasteiger charge is -2.11. The molecular formula is C11H17N3O4S. The van der Waals surface area contributed by atoms with Gasteiger partial charge < -0.3 is 14.6 Å². The molecule has 1 atom stereocenters. The van der Waals surface area contributed by atoms with Gasteiger partial charge in [0.15, 0.2) is 0 Å². The van der Waals surface area contributed by atoms with E-state index in [0.717, 1.165) is 6.42 Å². The lowest BCUT2D eigenvalue weighted by molar-refractivity contribution is 0.0920. The standard InChI is InChI=1S/C11H17N3O4S/c1-2-14-6-9(19(12,16)17)5-10(14)11(15)13-8-3-4-18-7-8/h5-6,8H,2-4,7H2,1H3,(H,13,15)(H2,12,16,17). The molecule has 1 saturated heterocycles. The minimum Gasteiger partial charge on any atom is -0.379 e. The molecule has 0 aromatic carbocycles. The first-order valence-corrected chi connectivity index (χ1v) is 7.58. The van der Waals surface area contributed by atoms with Crippen molar-refractivity contribution in [2.75, 3.05) is 13.2 Å². The number of sulfonamides is 1. The molecule has 3 N–H and O–H groups in total. The molecule has 1 aromatic rings. The number of nitrogens with zero attached hydrogens (tertiary/aromatic N) is 1. The molecule has 1 aromatic heterocycles. The monoisotopic (exact) mass is 287 g/mol. The minimum atomic E-state index is -3.80. The van der Waals surface area contributed by atoms with Gasteiger partial charge in [-0.1, -0.05) is 0 Å². The molecule has 0 spiro atoms. The number of amides is 1. The van der Waals surface area contributed by atoms with Crippen molar-refractivity contribution in [1.82, 2.24) is 9.88 Å². The molecule has 106 valence electrons. The fourth-order valence-corrected chi connectivity index (χ4v) is 2.55. The molecule has 1 aliphatic heterocycles. The van der Waals surface area contributed by atoms with Gasteiger partial charge in [-0.15, -0.1) is 0 Å². The van der Waals surface area contributed by atoms with Gasteiger partial charge in [0.25, 0.3) is 5.91 Å². The van der Waals surface area contributed by atoms with Gasteiger partial charge in [-0.25, -0.2) is 13.6 Å². The summed E-state index contributed by atoms with van der Waals surface area (Å²) in [7, 11) is -3.80. The first-order chi connectivity index (χ1) is 8.91. The number of carbonyl (C=O) groups excluding carboxylic acids is 1. The maximum Gasteiger partial charge on any atom is 0.268 e. The smallest absolute Gasteiger partial charge is 0.268 e. The van der Waals surface area contributed by atoms with Crippen LogP contribution in [0.4, 0.5) is 0 Å². The fourth-order valence-electron chi connectivity index (χ4n) is 2.00. The quantitative estimate of drug-likeness (QED) is 0.791. The second-order valence-electron chi connectivity index (χ2n) is 4.43. The summed E-state index contributed by atoms with van der Waals surface area (Å²) in [6, 6.07) is 1.27. The van der Waals surface area contributed by atoms with Gasteiger partial charge in [-0.05, 0) is 19.4 Å². The van der Waals surface area contributed by atoms with Crippen LogP contribution in [-0.4, -0.2) is 38.1 Å². The van der Waals surface area contributed by atoms with E-state index >= 15 is 0 Å². The zero-order valence-corrected chi connectivity index (χ0v) is 11.4. The molecule has 0 aliphatic carbocycles. The van der Waals surface area contributed by atoms with Crippen molar-refractivity contribution >= 4 is 15.9 Å². The highest BCUT2D eigenvalue weighted by atomic mass is 32.2. The van der Waals surface area contributed by atoms with Crippen molar-refractivity contribution in [2.45, 2.75) is 30.8 Å². The largest absolute Gasteiger partial charge is 0.379 e. The average Bonchev–Trinajstić information content (AvgIpc) is 2.95. The van der Waals surface area contributed by atoms with Gasteiger partial charge in [0.05, 0.1) is 12.6 Å². The van der Waals surface area contributed by atoms with E-state index in [0.29, 0.717) is 25.5 Å². The Morgan fingerprint density at radius 3 is 2.89 bits per heavy atom. The summed E-state index contributed by atoms with van der Waals surface area (Å²) in [5.41, 5.74) is 0.290. The summed E-state index contributed by atoms with van der Waals surface area (Å²) in [5.74, 6) is -0.313. The first kappa shape index (κ1) is 14.0. The van der Waals surface area contributed by atoms with Crippen molar-refractivity contribution in [3.8, 4) is 0 Å². The summed E-state index contributed by atoms with van der Waals surface area (Å²) in [4.78, 5) is 12.0. The van der Waals surface area contributed by atoms with Crippen LogP contribution < -0.4 is 10.5 Å². The number of aryl methyl sites for hydroxylation is 1. The molecule has 19 heavy (non-hydrogen) atoms. The van der Waals surface area contributed by atoms with E-state index in [1.807, 2.05) is 6.92 Å². The van der Waals surface area contributed by atoms with Crippen LogP contribution in [0.25, 0.3) is 0 Å². The Bertz CT molecular complexity index is 573. The van der Waals surface area contributed by atoms with Crippen molar-refractivity contribution in [3.05, 3.63) is 18.0 Å². The normalized spacial score (nSPS) is 19.6. The summed E-state index contributed by atoms with van der Waals surface area (Å²) in [6.07, 6.45) is 2.13. The van der Waals surface area contributed by atoms with Crippen molar-refractivity contribution in [1.29, 1.82) is 0 Å². The Morgan fingerprint density at radius 1 is 1.63 bits per heavy atom. The number of hydrogen-bond acceptors (Lipinski definition) is 4. The Kier molecular flexibility index (Phi) is 3.93. The number of carbonyl (C=O) groups is 1. The van der Waals surface area contributed by atoms with Gasteiger partial charge in [-0.2, -0.15) is 0 Å². The van der Waals surface area contributed by atoms with Crippen molar-refractivity contribution in [2.24, 2.45) is 5.14 Å². The molecule has 0 bridgehead atoms. The molecule has 1 fully saturated rings. The average molecular weight is 287 g/mol. The minimum absolute atomic E-state index is 0.0226. The van der Waals surface area contributed by atoms with Crippen molar-refractivity contribution in [3.63, 3.8) is 0 Å². The highest BCUT2D eigenvalue weighted by Gasteiger charge is 2.22. The lowest BCUT2D eigenvalue weighted by atomic mass is 10.2. The molecule has 1 aliphatic rings. The lowest BCUT2D eigenvalue weighted by Crippen LogP contribution is -2.36. The van der Waals surface area contributed by atoms with E-state index in [2.05, 4.69) is 5.32 Å². The predicted octanol–water partition coefficient (Wildman–Crippen LogP) is -0.326. The third-order valence-corrected chi connectivity index (χ3v) is 3.92. The van der Waals surface area contributed by atoms with Crippen LogP contribution in [0.15, 0.2) is 17.2 Å². The second kappa shape index (κ2) is 5.32. The number of ether oxygens (including phenoxy) is 1. The Hall–Kier alpha value is -1.38. The van der Waals surface area contributed by atoms with Crippen LogP contribution in [0.5, 0.6) is 0 Å². The van der Waals surface area contributed by atoms with E-state index in [-0.39, 0.29) is 16.8 Å². The van der Waals surface area contributed by atoms with Crippen LogP contribution >= 0.6 is 0 Å². The van der Waals surface area contributed by atoms with Gasteiger partial charge in [0.2, 0.25) is 10.0 Å². The number of nitrogens with two attached hydrogens (primary N) is 1. The third kappa shape index (κ3) is 3.14. The third-order valence-electron chi connectivity index (χ3n) is 3.04. The number of rotatable bonds is 4. The number of nitrogens with one attached hydrogen (secondary N) is 1. The number of primary sulfonamides is 1. The summed E-state index contributed by atoms with van der Waals surface area (Å²) < 4.78 is 29.3. The molecule has 0 radical (unpaired) electrons. The van der Waals surface area contributed by atoms with Crippen molar-refractivity contribution < 1.29 is 17.9 Å². The van der Waals surface area contributed by atoms with E-state index in [4.69, 9.17) is 9.88 Å². The molecule has 2 heterocycles. The van der Waals surface area contributed by atoms with Crippen LogP contribution in [0.3, 0.4) is 0 Å². The first-order valence-electron chi connectivity index (χ1n) is 6.03.